The molecule has 1 fully saturated rings. The molecule has 0 saturated carbocycles. The minimum atomic E-state index is -0.611. The van der Waals surface area contributed by atoms with Crippen molar-refractivity contribution in [2.24, 2.45) is 0 Å². The summed E-state index contributed by atoms with van der Waals surface area (Å²) < 4.78 is 15.8. The van der Waals surface area contributed by atoms with Gasteiger partial charge in [0.25, 0.3) is 11.8 Å². The highest BCUT2D eigenvalue weighted by Crippen LogP contribution is 2.27. The Balaban J connectivity index is 1.53. The number of esters is 1. The first-order valence-corrected chi connectivity index (χ1v) is 10.7. The standard InChI is InChI=1S/C24H24N4O6/c1-16(29)27-12-13-28(21(30)15-33-19-6-4-3-5-7-19)20(14-27)23-25-22(26-34-23)17-8-10-18(11-9-17)24(31)32-2/h3-11,20H,12-15H2,1-2H3. The van der Waals surface area contributed by atoms with Crippen molar-refractivity contribution in [1.29, 1.82) is 0 Å². The molecule has 1 unspecified atom stereocenters. The van der Waals surface area contributed by atoms with Gasteiger partial charge in [0.15, 0.2) is 6.61 Å². The lowest BCUT2D eigenvalue weighted by molar-refractivity contribution is -0.144. The van der Waals surface area contributed by atoms with Gasteiger partial charge >= 0.3 is 5.97 Å². The number of para-hydroxylation sites is 1. The Morgan fingerprint density at radius 3 is 2.47 bits per heavy atom. The van der Waals surface area contributed by atoms with Crippen LogP contribution in [0.1, 0.15) is 29.2 Å². The summed E-state index contributed by atoms with van der Waals surface area (Å²) in [4.78, 5) is 44.4. The van der Waals surface area contributed by atoms with Gasteiger partial charge in [0.1, 0.15) is 11.8 Å². The van der Waals surface area contributed by atoms with Crippen LogP contribution in [0, 0.1) is 0 Å². The van der Waals surface area contributed by atoms with Gasteiger partial charge in [-0.25, -0.2) is 4.79 Å². The molecule has 2 aromatic carbocycles. The highest BCUT2D eigenvalue weighted by molar-refractivity contribution is 5.89. The fourth-order valence-corrected chi connectivity index (χ4v) is 3.68. The molecule has 10 heteroatoms. The molecule has 0 spiro atoms. The molecule has 1 aliphatic rings. The SMILES string of the molecule is COC(=O)c1ccc(-c2noc(C3CN(C(C)=O)CCN3C(=O)COc3ccccc3)n2)cc1. The summed E-state index contributed by atoms with van der Waals surface area (Å²) in [6, 6.07) is 15.0. The average molecular weight is 464 g/mol. The molecule has 0 bridgehead atoms. The molecule has 3 aromatic rings. The van der Waals surface area contributed by atoms with Crippen LogP contribution in [0.2, 0.25) is 0 Å². The summed E-state index contributed by atoms with van der Waals surface area (Å²) in [6.07, 6.45) is 0. The Labute approximate surface area is 196 Å². The highest BCUT2D eigenvalue weighted by atomic mass is 16.5. The minimum absolute atomic E-state index is 0.101. The molecule has 1 aromatic heterocycles. The van der Waals surface area contributed by atoms with Gasteiger partial charge in [0.05, 0.1) is 19.2 Å². The van der Waals surface area contributed by atoms with E-state index in [4.69, 9.17) is 14.0 Å². The maximum Gasteiger partial charge on any atom is 0.337 e. The molecule has 10 nitrogen and oxygen atoms in total. The molecule has 1 aliphatic heterocycles. The lowest BCUT2D eigenvalue weighted by Gasteiger charge is -2.39. The Morgan fingerprint density at radius 1 is 1.06 bits per heavy atom. The van der Waals surface area contributed by atoms with E-state index in [0.717, 1.165) is 0 Å². The number of amides is 2. The summed E-state index contributed by atoms with van der Waals surface area (Å²) in [7, 11) is 1.31. The number of ether oxygens (including phenoxy) is 2. The average Bonchev–Trinajstić information content (AvgIpc) is 3.37. The Morgan fingerprint density at radius 2 is 1.79 bits per heavy atom. The maximum atomic E-state index is 13.0. The number of hydrogen-bond acceptors (Lipinski definition) is 8. The number of piperazine rings is 1. The lowest BCUT2D eigenvalue weighted by atomic mass is 10.1. The van der Waals surface area contributed by atoms with Crippen molar-refractivity contribution in [3.63, 3.8) is 0 Å². The third-order valence-electron chi connectivity index (χ3n) is 5.54. The van der Waals surface area contributed by atoms with Crippen LogP contribution in [0.15, 0.2) is 59.1 Å². The van der Waals surface area contributed by atoms with Crippen LogP contribution in [0.5, 0.6) is 5.75 Å². The zero-order valence-corrected chi connectivity index (χ0v) is 18.8. The molecule has 1 saturated heterocycles. The van der Waals surface area contributed by atoms with Crippen LogP contribution in [0.4, 0.5) is 0 Å². The Hall–Kier alpha value is -4.21. The third kappa shape index (κ3) is 5.06. The van der Waals surface area contributed by atoms with Crippen LogP contribution in [0.25, 0.3) is 11.4 Å². The quantitative estimate of drug-likeness (QED) is 0.511. The number of aromatic nitrogens is 2. The zero-order valence-electron chi connectivity index (χ0n) is 18.8. The van der Waals surface area contributed by atoms with Gasteiger partial charge in [0, 0.05) is 25.6 Å². The molecule has 1 atom stereocenters. The monoisotopic (exact) mass is 464 g/mol. The van der Waals surface area contributed by atoms with Crippen molar-refractivity contribution in [3.8, 4) is 17.1 Å². The van der Waals surface area contributed by atoms with E-state index in [-0.39, 0.29) is 30.9 Å². The van der Waals surface area contributed by atoms with Gasteiger partial charge in [-0.15, -0.1) is 0 Å². The van der Waals surface area contributed by atoms with E-state index < -0.39 is 12.0 Å². The number of nitrogens with zero attached hydrogens (tertiary/aromatic N) is 4. The first-order valence-electron chi connectivity index (χ1n) is 10.7. The molecule has 2 heterocycles. The van der Waals surface area contributed by atoms with Crippen LogP contribution in [-0.2, 0) is 14.3 Å². The molecule has 176 valence electrons. The highest BCUT2D eigenvalue weighted by Gasteiger charge is 2.36. The summed E-state index contributed by atoms with van der Waals surface area (Å²) in [6.45, 7) is 2.27. The first-order chi connectivity index (χ1) is 16.5. The van der Waals surface area contributed by atoms with E-state index in [1.54, 1.807) is 46.2 Å². The van der Waals surface area contributed by atoms with E-state index in [9.17, 15) is 14.4 Å². The molecule has 0 N–H and O–H groups in total. The van der Waals surface area contributed by atoms with Crippen molar-refractivity contribution < 1.29 is 28.4 Å². The van der Waals surface area contributed by atoms with Crippen LogP contribution in [0.3, 0.4) is 0 Å². The molecule has 0 radical (unpaired) electrons. The molecule has 34 heavy (non-hydrogen) atoms. The van der Waals surface area contributed by atoms with Crippen LogP contribution >= 0.6 is 0 Å². The summed E-state index contributed by atoms with van der Waals surface area (Å²) in [5.74, 6) is 0.310. The number of benzene rings is 2. The fourth-order valence-electron chi connectivity index (χ4n) is 3.68. The largest absolute Gasteiger partial charge is 0.484 e. The van der Waals surface area contributed by atoms with E-state index in [1.165, 1.54) is 14.0 Å². The van der Waals surface area contributed by atoms with E-state index >= 15 is 0 Å². The Kier molecular flexibility index (Phi) is 6.86. The van der Waals surface area contributed by atoms with E-state index in [2.05, 4.69) is 10.1 Å². The maximum absolute atomic E-state index is 13.0. The molecule has 2 amide bonds. The third-order valence-corrected chi connectivity index (χ3v) is 5.54. The first kappa shape index (κ1) is 23.0. The summed E-state index contributed by atoms with van der Waals surface area (Å²) in [5.41, 5.74) is 1.03. The second-order valence-electron chi connectivity index (χ2n) is 7.69. The van der Waals surface area contributed by atoms with Crippen molar-refractivity contribution in [2.75, 3.05) is 33.4 Å². The second kappa shape index (κ2) is 10.2. The topological polar surface area (TPSA) is 115 Å². The number of hydrogen-bond donors (Lipinski definition) is 0. The predicted octanol–water partition coefficient (Wildman–Crippen LogP) is 2.33. The molecular weight excluding hydrogens is 440 g/mol. The molecule has 0 aliphatic carbocycles. The summed E-state index contributed by atoms with van der Waals surface area (Å²) >= 11 is 0. The Bertz CT molecular complexity index is 1160. The zero-order chi connectivity index (χ0) is 24.1. The van der Waals surface area contributed by atoms with Crippen molar-refractivity contribution in [3.05, 3.63) is 66.1 Å². The van der Waals surface area contributed by atoms with Gasteiger partial charge < -0.3 is 23.8 Å². The lowest BCUT2D eigenvalue weighted by Crippen LogP contribution is -2.53. The van der Waals surface area contributed by atoms with E-state index in [1.807, 2.05) is 18.2 Å². The number of rotatable bonds is 6. The summed E-state index contributed by atoms with van der Waals surface area (Å²) in [5, 5.41) is 4.04. The second-order valence-corrected chi connectivity index (χ2v) is 7.69. The van der Waals surface area contributed by atoms with Gasteiger partial charge in [-0.3, -0.25) is 9.59 Å². The van der Waals surface area contributed by atoms with E-state index in [0.29, 0.717) is 35.8 Å². The molecule has 4 rings (SSSR count). The van der Waals surface area contributed by atoms with Crippen molar-refractivity contribution in [2.45, 2.75) is 13.0 Å². The smallest absolute Gasteiger partial charge is 0.337 e. The van der Waals surface area contributed by atoms with Crippen LogP contribution in [-0.4, -0.2) is 71.1 Å². The number of methoxy groups -OCH3 is 1. The van der Waals surface area contributed by atoms with Gasteiger partial charge in [0.2, 0.25) is 11.7 Å². The predicted molar refractivity (Wildman–Crippen MR) is 120 cm³/mol. The fraction of sp³-hybridized carbons (Fsp3) is 0.292. The van der Waals surface area contributed by atoms with Gasteiger partial charge in [-0.05, 0) is 24.3 Å². The van der Waals surface area contributed by atoms with Crippen LogP contribution < -0.4 is 4.74 Å². The van der Waals surface area contributed by atoms with Crippen molar-refractivity contribution in [1.82, 2.24) is 19.9 Å². The number of carbonyl (C=O) groups is 3. The number of carbonyl (C=O) groups excluding carboxylic acids is 3. The van der Waals surface area contributed by atoms with Gasteiger partial charge in [-0.1, -0.05) is 35.5 Å². The van der Waals surface area contributed by atoms with Crippen molar-refractivity contribution >= 4 is 17.8 Å². The minimum Gasteiger partial charge on any atom is -0.484 e. The molecular formula is C24H24N4O6. The normalized spacial score (nSPS) is 15.6. The van der Waals surface area contributed by atoms with Gasteiger partial charge in [-0.2, -0.15) is 4.98 Å².